The summed E-state index contributed by atoms with van der Waals surface area (Å²) in [4.78, 5) is 0. The molecule has 2 aromatic rings. The lowest BCUT2D eigenvalue weighted by atomic mass is 10.0. The molecule has 21 heavy (non-hydrogen) atoms. The van der Waals surface area contributed by atoms with Gasteiger partial charge in [0.1, 0.15) is 23.4 Å². The van der Waals surface area contributed by atoms with E-state index in [1.54, 1.807) is 32.4 Å². The zero-order chi connectivity index (χ0) is 15.2. The minimum absolute atomic E-state index is 0.617. The van der Waals surface area contributed by atoms with Crippen LogP contribution in [0.5, 0.6) is 17.2 Å². The van der Waals surface area contributed by atoms with E-state index in [2.05, 4.69) is 0 Å². The van der Waals surface area contributed by atoms with Gasteiger partial charge in [-0.05, 0) is 42.8 Å². The van der Waals surface area contributed by atoms with Gasteiger partial charge in [0.25, 0.3) is 0 Å². The summed E-state index contributed by atoms with van der Waals surface area (Å²) in [6.07, 6.45) is -0.786. The molecule has 0 amide bonds. The highest BCUT2D eigenvalue weighted by atomic mass is 16.5. The van der Waals surface area contributed by atoms with Gasteiger partial charge in [-0.1, -0.05) is 12.1 Å². The van der Waals surface area contributed by atoms with Crippen molar-refractivity contribution in [2.24, 2.45) is 0 Å². The van der Waals surface area contributed by atoms with E-state index >= 15 is 0 Å². The van der Waals surface area contributed by atoms with Gasteiger partial charge in [0.05, 0.1) is 20.8 Å². The molecule has 0 aliphatic rings. The monoisotopic (exact) mass is 288 g/mol. The molecule has 0 radical (unpaired) electrons. The number of hydrogen-bond acceptors (Lipinski definition) is 4. The number of aliphatic hydroxyl groups excluding tert-OH is 1. The maximum Gasteiger partial charge on any atom is 0.125 e. The first-order valence-corrected chi connectivity index (χ1v) is 6.82. The predicted molar refractivity (Wildman–Crippen MR) is 81.2 cm³/mol. The fraction of sp³-hybridized carbons (Fsp3) is 0.294. The van der Waals surface area contributed by atoms with Crippen molar-refractivity contribution < 1.29 is 19.3 Å². The van der Waals surface area contributed by atoms with Crippen molar-refractivity contribution in [2.45, 2.75) is 13.0 Å². The molecule has 0 spiro atoms. The van der Waals surface area contributed by atoms with Gasteiger partial charge in [0.2, 0.25) is 0 Å². The van der Waals surface area contributed by atoms with Crippen LogP contribution in [0.2, 0.25) is 0 Å². The van der Waals surface area contributed by atoms with Crippen molar-refractivity contribution in [3.63, 3.8) is 0 Å². The summed E-state index contributed by atoms with van der Waals surface area (Å²) in [5.74, 6) is 2.08. The molecule has 4 heteroatoms. The molecule has 0 saturated carbocycles. The summed E-state index contributed by atoms with van der Waals surface area (Å²) >= 11 is 0. The van der Waals surface area contributed by atoms with E-state index in [0.29, 0.717) is 23.7 Å². The van der Waals surface area contributed by atoms with Crippen molar-refractivity contribution >= 4 is 0 Å². The Morgan fingerprint density at radius 1 is 0.952 bits per heavy atom. The van der Waals surface area contributed by atoms with Crippen molar-refractivity contribution in [2.75, 3.05) is 20.8 Å². The smallest absolute Gasteiger partial charge is 0.125 e. The van der Waals surface area contributed by atoms with Crippen molar-refractivity contribution in [1.82, 2.24) is 0 Å². The van der Waals surface area contributed by atoms with Gasteiger partial charge in [-0.2, -0.15) is 0 Å². The molecular formula is C17H20O4. The van der Waals surface area contributed by atoms with Gasteiger partial charge in [-0.25, -0.2) is 0 Å². The van der Waals surface area contributed by atoms with Gasteiger partial charge in [0.15, 0.2) is 0 Å². The van der Waals surface area contributed by atoms with Crippen LogP contribution in [0.3, 0.4) is 0 Å². The first kappa shape index (κ1) is 15.2. The van der Waals surface area contributed by atoms with E-state index in [9.17, 15) is 5.11 Å². The number of methoxy groups -OCH3 is 2. The van der Waals surface area contributed by atoms with Gasteiger partial charge >= 0.3 is 0 Å². The minimum atomic E-state index is -0.786. The SMILES string of the molecule is CCOc1ccc(C(O)c2cc(OC)ccc2OC)cc1. The third-order valence-corrected chi connectivity index (χ3v) is 3.24. The Morgan fingerprint density at radius 2 is 1.62 bits per heavy atom. The molecule has 0 aliphatic carbocycles. The van der Waals surface area contributed by atoms with Gasteiger partial charge in [-0.3, -0.25) is 0 Å². The van der Waals surface area contributed by atoms with Crippen LogP contribution in [-0.2, 0) is 0 Å². The minimum Gasteiger partial charge on any atom is -0.497 e. The van der Waals surface area contributed by atoms with E-state index in [-0.39, 0.29) is 0 Å². The average molecular weight is 288 g/mol. The van der Waals surface area contributed by atoms with Crippen molar-refractivity contribution in [1.29, 1.82) is 0 Å². The van der Waals surface area contributed by atoms with Crippen LogP contribution < -0.4 is 14.2 Å². The Kier molecular flexibility index (Phi) is 5.06. The second-order valence-electron chi connectivity index (χ2n) is 4.51. The molecular weight excluding hydrogens is 268 g/mol. The molecule has 112 valence electrons. The van der Waals surface area contributed by atoms with Gasteiger partial charge in [0, 0.05) is 5.56 Å². The highest BCUT2D eigenvalue weighted by Gasteiger charge is 2.16. The van der Waals surface area contributed by atoms with Crippen molar-refractivity contribution in [3.05, 3.63) is 53.6 Å². The molecule has 1 N–H and O–H groups in total. The lowest BCUT2D eigenvalue weighted by Gasteiger charge is -2.16. The van der Waals surface area contributed by atoms with E-state index in [4.69, 9.17) is 14.2 Å². The molecule has 4 nitrogen and oxygen atoms in total. The highest BCUT2D eigenvalue weighted by Crippen LogP contribution is 2.33. The fourth-order valence-corrected chi connectivity index (χ4v) is 2.15. The zero-order valence-electron chi connectivity index (χ0n) is 12.5. The Bertz CT molecular complexity index is 578. The summed E-state index contributed by atoms with van der Waals surface area (Å²) in [6, 6.07) is 12.7. The highest BCUT2D eigenvalue weighted by molar-refractivity contribution is 5.45. The molecule has 0 fully saturated rings. The Balaban J connectivity index is 2.31. The van der Waals surface area contributed by atoms with Crippen LogP contribution in [0.4, 0.5) is 0 Å². The lowest BCUT2D eigenvalue weighted by molar-refractivity contribution is 0.214. The standard InChI is InChI=1S/C17H20O4/c1-4-21-13-7-5-12(6-8-13)17(18)15-11-14(19-2)9-10-16(15)20-3/h5-11,17-18H,4H2,1-3H3. The number of rotatable bonds is 6. The Labute approximate surface area is 124 Å². The largest absolute Gasteiger partial charge is 0.497 e. The second-order valence-corrected chi connectivity index (χ2v) is 4.51. The molecule has 2 aromatic carbocycles. The van der Waals surface area contributed by atoms with Crippen LogP contribution in [0.15, 0.2) is 42.5 Å². The quantitative estimate of drug-likeness (QED) is 0.887. The average Bonchev–Trinajstić information content (AvgIpc) is 2.54. The lowest BCUT2D eigenvalue weighted by Crippen LogP contribution is -2.03. The predicted octanol–water partition coefficient (Wildman–Crippen LogP) is 3.18. The zero-order valence-corrected chi connectivity index (χ0v) is 12.5. The van der Waals surface area contributed by atoms with Crippen LogP contribution in [0, 0.1) is 0 Å². The molecule has 0 aliphatic heterocycles. The normalized spacial score (nSPS) is 11.8. The van der Waals surface area contributed by atoms with Gasteiger partial charge in [-0.15, -0.1) is 0 Å². The second kappa shape index (κ2) is 6.99. The third kappa shape index (κ3) is 3.47. The molecule has 1 unspecified atom stereocenters. The summed E-state index contributed by atoms with van der Waals surface area (Å²) < 4.78 is 15.9. The molecule has 1 atom stereocenters. The Morgan fingerprint density at radius 3 is 2.19 bits per heavy atom. The molecule has 0 saturated heterocycles. The van der Waals surface area contributed by atoms with E-state index in [0.717, 1.165) is 11.3 Å². The summed E-state index contributed by atoms with van der Waals surface area (Å²) in [6.45, 7) is 2.55. The van der Waals surface area contributed by atoms with E-state index in [1.807, 2.05) is 31.2 Å². The molecule has 0 heterocycles. The van der Waals surface area contributed by atoms with Crippen LogP contribution in [0.1, 0.15) is 24.2 Å². The summed E-state index contributed by atoms with van der Waals surface area (Å²) in [5, 5.41) is 10.6. The first-order valence-electron chi connectivity index (χ1n) is 6.82. The van der Waals surface area contributed by atoms with Crippen molar-refractivity contribution in [3.8, 4) is 17.2 Å². The molecule has 0 aromatic heterocycles. The number of hydrogen-bond donors (Lipinski definition) is 1. The summed E-state index contributed by atoms with van der Waals surface area (Å²) in [5.41, 5.74) is 1.44. The maximum absolute atomic E-state index is 10.6. The number of benzene rings is 2. The van der Waals surface area contributed by atoms with Crippen LogP contribution in [-0.4, -0.2) is 25.9 Å². The maximum atomic E-state index is 10.6. The number of ether oxygens (including phenoxy) is 3. The molecule has 0 bridgehead atoms. The molecule has 2 rings (SSSR count). The summed E-state index contributed by atoms with van der Waals surface area (Å²) in [7, 11) is 3.17. The number of aliphatic hydroxyl groups is 1. The fourth-order valence-electron chi connectivity index (χ4n) is 2.15. The van der Waals surface area contributed by atoms with Crippen LogP contribution >= 0.6 is 0 Å². The van der Waals surface area contributed by atoms with Crippen LogP contribution in [0.25, 0.3) is 0 Å². The first-order chi connectivity index (χ1) is 10.2. The third-order valence-electron chi connectivity index (χ3n) is 3.24. The van der Waals surface area contributed by atoms with Gasteiger partial charge < -0.3 is 19.3 Å². The Hall–Kier alpha value is -2.20. The van der Waals surface area contributed by atoms with E-state index in [1.165, 1.54) is 0 Å². The van der Waals surface area contributed by atoms with E-state index < -0.39 is 6.10 Å². The topological polar surface area (TPSA) is 47.9 Å².